The van der Waals surface area contributed by atoms with Gasteiger partial charge in [-0.2, -0.15) is 0 Å². The summed E-state index contributed by atoms with van der Waals surface area (Å²) in [5.41, 5.74) is 1.06. The van der Waals surface area contributed by atoms with Crippen molar-refractivity contribution >= 4 is 47.2 Å². The van der Waals surface area contributed by atoms with Crippen LogP contribution in [0.25, 0.3) is 0 Å². The molecule has 1 aromatic heterocycles. The molecule has 0 aliphatic heterocycles. The van der Waals surface area contributed by atoms with Crippen LogP contribution in [0.1, 0.15) is 47.7 Å². The first-order valence-electron chi connectivity index (χ1n) is 8.25. The molecule has 1 aliphatic carbocycles. The molecular weight excluding hydrogens is 437 g/mol. The minimum Gasteiger partial charge on any atom is -0.356 e. The van der Waals surface area contributed by atoms with E-state index in [1.807, 2.05) is 13.8 Å². The minimum absolute atomic E-state index is 0. The number of halogens is 1. The third-order valence-electron chi connectivity index (χ3n) is 4.00. The molecule has 6 nitrogen and oxygen atoms in total. The van der Waals surface area contributed by atoms with E-state index in [1.165, 1.54) is 17.7 Å². The van der Waals surface area contributed by atoms with E-state index >= 15 is 0 Å². The Bertz CT molecular complexity index is 555. The highest BCUT2D eigenvalue weighted by molar-refractivity contribution is 14.0. The van der Waals surface area contributed by atoms with Crippen molar-refractivity contribution in [1.82, 2.24) is 20.9 Å². The lowest BCUT2D eigenvalue weighted by atomic mass is 10.2. The van der Waals surface area contributed by atoms with Gasteiger partial charge in [0.05, 0.1) is 17.2 Å². The van der Waals surface area contributed by atoms with Crippen molar-refractivity contribution in [2.75, 3.05) is 13.6 Å². The number of aliphatic imine (C=N–C) groups is 1. The molecule has 1 aliphatic rings. The summed E-state index contributed by atoms with van der Waals surface area (Å²) in [5.74, 6) is 0.831. The largest absolute Gasteiger partial charge is 0.356 e. The molecule has 1 aromatic rings. The summed E-state index contributed by atoms with van der Waals surface area (Å²) in [6, 6.07) is 0.387. The van der Waals surface area contributed by atoms with Crippen LogP contribution >= 0.6 is 35.3 Å². The Morgan fingerprint density at radius 2 is 2.00 bits per heavy atom. The molecule has 0 saturated heterocycles. The maximum absolute atomic E-state index is 11.9. The first-order valence-corrected chi connectivity index (χ1v) is 9.07. The molecule has 1 fully saturated rings. The molecule has 0 spiro atoms. The molecule has 0 aromatic carbocycles. The highest BCUT2D eigenvalue weighted by Crippen LogP contribution is 2.17. The van der Waals surface area contributed by atoms with Gasteiger partial charge in [-0.05, 0) is 26.7 Å². The SMILES string of the molecule is CN=C(NCCC(=O)NC1CCCC1)NCc1sc(C)nc1C.I. The topological polar surface area (TPSA) is 78.4 Å². The fraction of sp³-hybridized carbons (Fsp3) is 0.688. The third kappa shape index (κ3) is 6.92. The van der Waals surface area contributed by atoms with Crippen LogP contribution in [-0.4, -0.2) is 36.5 Å². The summed E-state index contributed by atoms with van der Waals surface area (Å²) >= 11 is 1.69. The fourth-order valence-electron chi connectivity index (χ4n) is 2.79. The molecule has 1 saturated carbocycles. The quantitative estimate of drug-likeness (QED) is 0.343. The predicted octanol–water partition coefficient (Wildman–Crippen LogP) is 2.49. The number of guanidine groups is 1. The molecular formula is C16H28IN5OS. The number of carbonyl (C=O) groups is 1. The smallest absolute Gasteiger partial charge is 0.221 e. The highest BCUT2D eigenvalue weighted by Gasteiger charge is 2.16. The Morgan fingerprint density at radius 1 is 1.29 bits per heavy atom. The number of amides is 1. The van der Waals surface area contributed by atoms with Crippen LogP contribution in [0.3, 0.4) is 0 Å². The second kappa shape index (κ2) is 10.9. The first-order chi connectivity index (χ1) is 11.1. The number of rotatable bonds is 6. The molecule has 0 bridgehead atoms. The zero-order valence-corrected chi connectivity index (χ0v) is 17.8. The molecule has 2 rings (SSSR count). The van der Waals surface area contributed by atoms with Crippen LogP contribution in [-0.2, 0) is 11.3 Å². The van der Waals surface area contributed by atoms with Crippen molar-refractivity contribution in [2.24, 2.45) is 4.99 Å². The molecule has 3 N–H and O–H groups in total. The van der Waals surface area contributed by atoms with E-state index < -0.39 is 0 Å². The molecule has 0 atom stereocenters. The monoisotopic (exact) mass is 465 g/mol. The van der Waals surface area contributed by atoms with E-state index in [1.54, 1.807) is 18.4 Å². The maximum atomic E-state index is 11.9. The van der Waals surface area contributed by atoms with Crippen LogP contribution in [0, 0.1) is 13.8 Å². The average Bonchev–Trinajstić information content (AvgIpc) is 3.12. The molecule has 0 radical (unpaired) electrons. The summed E-state index contributed by atoms with van der Waals surface area (Å²) in [6.07, 6.45) is 5.17. The van der Waals surface area contributed by atoms with Gasteiger partial charge >= 0.3 is 0 Å². The van der Waals surface area contributed by atoms with Gasteiger partial charge in [0.25, 0.3) is 0 Å². The number of thiazole rings is 1. The Morgan fingerprint density at radius 3 is 2.58 bits per heavy atom. The molecule has 1 heterocycles. The zero-order chi connectivity index (χ0) is 16.7. The normalized spacial score (nSPS) is 15.0. The number of carbonyl (C=O) groups excluding carboxylic acids is 1. The molecule has 136 valence electrons. The van der Waals surface area contributed by atoms with Gasteiger partial charge in [0.1, 0.15) is 0 Å². The molecule has 0 unspecified atom stereocenters. The van der Waals surface area contributed by atoms with E-state index in [4.69, 9.17) is 0 Å². The third-order valence-corrected chi connectivity index (χ3v) is 5.08. The Labute approximate surface area is 165 Å². The molecule has 24 heavy (non-hydrogen) atoms. The minimum atomic E-state index is 0. The highest BCUT2D eigenvalue weighted by atomic mass is 127. The van der Waals surface area contributed by atoms with E-state index in [0.29, 0.717) is 31.5 Å². The Kier molecular flexibility index (Phi) is 9.57. The summed E-state index contributed by atoms with van der Waals surface area (Å²) in [5, 5.41) is 10.6. The van der Waals surface area contributed by atoms with Crippen molar-refractivity contribution < 1.29 is 4.79 Å². The van der Waals surface area contributed by atoms with Gasteiger partial charge in [0.15, 0.2) is 5.96 Å². The van der Waals surface area contributed by atoms with Gasteiger partial charge in [-0.25, -0.2) is 4.98 Å². The average molecular weight is 465 g/mol. The van der Waals surface area contributed by atoms with Crippen molar-refractivity contribution in [3.05, 3.63) is 15.6 Å². The van der Waals surface area contributed by atoms with Gasteiger partial charge in [-0.1, -0.05) is 12.8 Å². The van der Waals surface area contributed by atoms with Crippen LogP contribution in [0.4, 0.5) is 0 Å². The van der Waals surface area contributed by atoms with Crippen LogP contribution in [0.5, 0.6) is 0 Å². The number of aromatic nitrogens is 1. The number of nitrogens with zero attached hydrogens (tertiary/aromatic N) is 2. The van der Waals surface area contributed by atoms with E-state index in [0.717, 1.165) is 23.5 Å². The van der Waals surface area contributed by atoms with Gasteiger partial charge in [0.2, 0.25) is 5.91 Å². The maximum Gasteiger partial charge on any atom is 0.221 e. The first kappa shape index (κ1) is 21.1. The summed E-state index contributed by atoms with van der Waals surface area (Å²) in [4.78, 5) is 21.7. The lowest BCUT2D eigenvalue weighted by molar-refractivity contribution is -0.121. The summed E-state index contributed by atoms with van der Waals surface area (Å²) in [6.45, 7) is 5.31. The van der Waals surface area contributed by atoms with Crippen LogP contribution in [0.15, 0.2) is 4.99 Å². The second-order valence-corrected chi connectivity index (χ2v) is 7.18. The number of aryl methyl sites for hydroxylation is 2. The Balaban J connectivity index is 0.00000288. The number of hydrogen-bond donors (Lipinski definition) is 3. The van der Waals surface area contributed by atoms with Crippen molar-refractivity contribution in [3.63, 3.8) is 0 Å². The van der Waals surface area contributed by atoms with Gasteiger partial charge in [0, 0.05) is 30.9 Å². The zero-order valence-electron chi connectivity index (χ0n) is 14.6. The van der Waals surface area contributed by atoms with Gasteiger partial charge in [-0.15, -0.1) is 35.3 Å². The second-order valence-electron chi connectivity index (χ2n) is 5.89. The van der Waals surface area contributed by atoms with Crippen molar-refractivity contribution in [3.8, 4) is 0 Å². The number of nitrogens with one attached hydrogen (secondary N) is 3. The lowest BCUT2D eigenvalue weighted by Crippen LogP contribution is -2.40. The molecule has 8 heteroatoms. The summed E-state index contributed by atoms with van der Waals surface area (Å²) < 4.78 is 0. The van der Waals surface area contributed by atoms with E-state index in [-0.39, 0.29) is 29.9 Å². The fourth-order valence-corrected chi connectivity index (χ4v) is 3.66. The number of hydrogen-bond acceptors (Lipinski definition) is 4. The van der Waals surface area contributed by atoms with Crippen LogP contribution < -0.4 is 16.0 Å². The van der Waals surface area contributed by atoms with Crippen molar-refractivity contribution in [1.29, 1.82) is 0 Å². The standard InChI is InChI=1S/C16H27N5OS.HI/c1-11-14(23-12(2)20-11)10-19-16(17-3)18-9-8-15(22)21-13-6-4-5-7-13;/h13H,4-10H2,1-3H3,(H,21,22)(H2,17,18,19);1H. The lowest BCUT2D eigenvalue weighted by Gasteiger charge is -2.13. The Hall–Kier alpha value is -0.900. The predicted molar refractivity (Wildman–Crippen MR) is 110 cm³/mol. The molecule has 1 amide bonds. The van der Waals surface area contributed by atoms with E-state index in [9.17, 15) is 4.79 Å². The van der Waals surface area contributed by atoms with Crippen LogP contribution in [0.2, 0.25) is 0 Å². The van der Waals surface area contributed by atoms with Crippen molar-refractivity contribution in [2.45, 2.75) is 58.5 Å². The summed E-state index contributed by atoms with van der Waals surface area (Å²) in [7, 11) is 1.73. The van der Waals surface area contributed by atoms with Gasteiger partial charge in [-0.3, -0.25) is 9.79 Å². The van der Waals surface area contributed by atoms with Gasteiger partial charge < -0.3 is 16.0 Å². The van der Waals surface area contributed by atoms with E-state index in [2.05, 4.69) is 25.9 Å².